The number of benzene rings is 3. The molecule has 1 aliphatic heterocycles. The monoisotopic (exact) mass is 830 g/mol. The molecule has 3 aromatic carbocycles. The number of amides is 1. The zero-order valence-electron chi connectivity index (χ0n) is 34.7. The molecule has 8 rings (SSSR count). The Labute approximate surface area is 353 Å². The van der Waals surface area contributed by atoms with Gasteiger partial charge in [-0.3, -0.25) is 14.5 Å². The Morgan fingerprint density at radius 1 is 0.966 bits per heavy atom. The van der Waals surface area contributed by atoms with Crippen LogP contribution in [0.25, 0.3) is 32.9 Å². The molecule has 1 amide bonds. The minimum Gasteiger partial charge on any atom is -0.494 e. The quantitative estimate of drug-likeness (QED) is 0.130. The van der Waals surface area contributed by atoms with Crippen molar-refractivity contribution in [2.24, 2.45) is 7.05 Å². The summed E-state index contributed by atoms with van der Waals surface area (Å²) in [5.41, 5.74) is 11.7. The van der Waals surface area contributed by atoms with Gasteiger partial charge in [-0.25, -0.2) is 4.79 Å². The number of hydrogen-bond donors (Lipinski definition) is 1. The van der Waals surface area contributed by atoms with Gasteiger partial charge >= 0.3 is 5.97 Å². The first-order valence-electron chi connectivity index (χ1n) is 20.1. The van der Waals surface area contributed by atoms with E-state index >= 15 is 4.79 Å². The minimum absolute atomic E-state index is 0.0493. The second kappa shape index (κ2) is 15.5. The maximum atomic E-state index is 15.5. The zero-order valence-corrected chi connectivity index (χ0v) is 36.2. The molecule has 5 heterocycles. The van der Waals surface area contributed by atoms with E-state index in [1.54, 1.807) is 15.7 Å². The summed E-state index contributed by atoms with van der Waals surface area (Å²) in [6.07, 6.45) is 3.72. The van der Waals surface area contributed by atoms with Crippen LogP contribution in [0.5, 0.6) is 5.75 Å². The second-order valence-electron chi connectivity index (χ2n) is 15.9. The highest BCUT2D eigenvalue weighted by Crippen LogP contribution is 2.46. The molecule has 0 saturated carbocycles. The number of pyridine rings is 1. The van der Waals surface area contributed by atoms with Crippen molar-refractivity contribution in [1.29, 1.82) is 0 Å². The Balaban J connectivity index is 1.31. The van der Waals surface area contributed by atoms with Gasteiger partial charge in [0, 0.05) is 58.4 Å². The van der Waals surface area contributed by atoms with Gasteiger partial charge in [-0.05, 0) is 126 Å². The van der Waals surface area contributed by atoms with E-state index in [9.17, 15) is 9.90 Å². The maximum absolute atomic E-state index is 15.5. The third-order valence-electron chi connectivity index (χ3n) is 11.8. The number of hydrogen-bond acceptors (Lipinski definition) is 5. The van der Waals surface area contributed by atoms with Crippen LogP contribution < -0.4 is 9.64 Å². The lowest BCUT2D eigenvalue weighted by Gasteiger charge is -2.34. The number of halogens is 2. The first-order valence-corrected chi connectivity index (χ1v) is 20.8. The lowest BCUT2D eigenvalue weighted by molar-refractivity contribution is 0.0687. The molecule has 59 heavy (non-hydrogen) atoms. The summed E-state index contributed by atoms with van der Waals surface area (Å²) >= 11 is 13.6. The van der Waals surface area contributed by atoms with Crippen molar-refractivity contribution in [1.82, 2.24) is 23.9 Å². The number of aryl methyl sites for hydroxylation is 7. The van der Waals surface area contributed by atoms with Gasteiger partial charge in [0.2, 0.25) is 0 Å². The van der Waals surface area contributed by atoms with E-state index in [2.05, 4.69) is 23.4 Å². The number of fused-ring (bicyclic) bond motifs is 4. The summed E-state index contributed by atoms with van der Waals surface area (Å²) in [6, 6.07) is 17.4. The fourth-order valence-corrected chi connectivity index (χ4v) is 9.38. The molecule has 1 N–H and O–H groups in total. The van der Waals surface area contributed by atoms with E-state index < -0.39 is 5.97 Å². The minimum atomic E-state index is -1.12. The highest BCUT2D eigenvalue weighted by Gasteiger charge is 2.40. The molecule has 10 nitrogen and oxygen atoms in total. The average Bonchev–Trinajstić information content (AvgIpc) is 3.79. The molecular weight excluding hydrogens is 783 g/mol. The van der Waals surface area contributed by atoms with E-state index in [0.29, 0.717) is 41.2 Å². The summed E-state index contributed by atoms with van der Waals surface area (Å²) in [6.45, 7) is 14.9. The Morgan fingerprint density at radius 3 is 2.39 bits per heavy atom. The standard InChI is InChI=1S/C47H48Cl2N6O4/c1-9-31-16-17-50-32(22-31)24-53-38-15-12-25(2)19-36(38)43(45(53)47(57)58)54-23-28(5)55-42-35(13-14-37(48)40(42)39-29(6)51-52(8)30(39)7)34(44(55)46(54)56)11-10-18-59-33-20-26(3)41(49)27(4)21-33/h12-17,19-22,28H,9-11,18,23-24H2,1-8H3,(H,57,58)/t28-/m1/s1. The van der Waals surface area contributed by atoms with Crippen LogP contribution in [0.4, 0.5) is 5.69 Å². The molecule has 1 aliphatic rings. The first kappa shape index (κ1) is 40.2. The number of carbonyl (C=O) groups is 2. The summed E-state index contributed by atoms with van der Waals surface area (Å²) in [5.74, 6) is -0.645. The molecule has 0 aliphatic carbocycles. The smallest absolute Gasteiger partial charge is 0.354 e. The Bertz CT molecular complexity index is 2830. The number of carboxylic acids is 1. The van der Waals surface area contributed by atoms with Crippen molar-refractivity contribution in [3.63, 3.8) is 0 Å². The van der Waals surface area contributed by atoms with Crippen LogP contribution in [-0.4, -0.2) is 54.0 Å². The number of carboxylic acid groups (broad SMARTS) is 1. The summed E-state index contributed by atoms with van der Waals surface area (Å²) in [5, 5.41) is 18.7. The number of rotatable bonds is 11. The molecule has 12 heteroatoms. The maximum Gasteiger partial charge on any atom is 0.354 e. The van der Waals surface area contributed by atoms with E-state index in [-0.39, 0.29) is 30.7 Å². The third-order valence-corrected chi connectivity index (χ3v) is 12.7. The molecule has 0 unspecified atom stereocenters. The number of nitrogens with zero attached hydrogens (tertiary/aromatic N) is 6. The average molecular weight is 832 g/mol. The highest BCUT2D eigenvalue weighted by molar-refractivity contribution is 6.35. The van der Waals surface area contributed by atoms with Crippen LogP contribution >= 0.6 is 23.2 Å². The van der Waals surface area contributed by atoms with E-state index in [0.717, 1.165) is 89.6 Å². The SMILES string of the molecule is CCc1ccnc(Cn2c(C(=O)O)c(N3C[C@@H](C)n4c(c(CCCOc5cc(C)c(Cl)c(C)c5)c5ccc(Cl)c(-c6c(C)nn(C)c6C)c54)C3=O)c3cc(C)ccc32)c1. The molecule has 304 valence electrons. The molecule has 0 spiro atoms. The van der Waals surface area contributed by atoms with E-state index in [4.69, 9.17) is 33.0 Å². The van der Waals surface area contributed by atoms with Gasteiger partial charge in [-0.15, -0.1) is 0 Å². The highest BCUT2D eigenvalue weighted by atomic mass is 35.5. The van der Waals surface area contributed by atoms with Gasteiger partial charge in [0.25, 0.3) is 5.91 Å². The van der Waals surface area contributed by atoms with Crippen LogP contribution in [0, 0.1) is 34.6 Å². The van der Waals surface area contributed by atoms with Crippen LogP contribution in [0.1, 0.15) is 92.2 Å². The van der Waals surface area contributed by atoms with Gasteiger partial charge in [0.15, 0.2) is 5.69 Å². The molecule has 0 saturated heterocycles. The molecule has 0 bridgehead atoms. The van der Waals surface area contributed by atoms with E-state index in [1.807, 2.05) is 101 Å². The van der Waals surface area contributed by atoms with Crippen molar-refractivity contribution in [3.05, 3.63) is 127 Å². The Morgan fingerprint density at radius 2 is 1.71 bits per heavy atom. The normalized spacial score (nSPS) is 14.2. The molecular formula is C47H48Cl2N6O4. The fourth-order valence-electron chi connectivity index (χ4n) is 9.02. The Hall–Kier alpha value is -5.58. The van der Waals surface area contributed by atoms with Gasteiger partial charge < -0.3 is 23.9 Å². The van der Waals surface area contributed by atoms with Crippen molar-refractivity contribution in [2.75, 3.05) is 18.1 Å². The number of aromatic carboxylic acids is 1. The summed E-state index contributed by atoms with van der Waals surface area (Å²) in [4.78, 5) is 35.4. The van der Waals surface area contributed by atoms with Gasteiger partial charge in [0.1, 0.15) is 11.4 Å². The Kier molecular flexibility index (Phi) is 10.6. The lowest BCUT2D eigenvalue weighted by atomic mass is 9.98. The van der Waals surface area contributed by atoms with Crippen molar-refractivity contribution >= 4 is 62.6 Å². The summed E-state index contributed by atoms with van der Waals surface area (Å²) < 4.78 is 12.0. The number of aromatic nitrogens is 5. The van der Waals surface area contributed by atoms with Gasteiger partial charge in [-0.1, -0.05) is 47.8 Å². The number of ether oxygens (including phenoxy) is 1. The second-order valence-corrected chi connectivity index (χ2v) is 16.7. The molecule has 0 radical (unpaired) electrons. The van der Waals surface area contributed by atoms with Crippen molar-refractivity contribution in [2.45, 2.75) is 80.3 Å². The third kappa shape index (κ3) is 6.86. The number of carbonyl (C=O) groups excluding carboxylic acids is 1. The fraction of sp³-hybridized carbons (Fsp3) is 0.319. The van der Waals surface area contributed by atoms with Crippen LogP contribution in [0.3, 0.4) is 0 Å². The van der Waals surface area contributed by atoms with Gasteiger partial charge in [-0.2, -0.15) is 5.10 Å². The van der Waals surface area contributed by atoms with Crippen LogP contribution in [-0.2, 0) is 26.4 Å². The van der Waals surface area contributed by atoms with Crippen LogP contribution in [0.2, 0.25) is 10.0 Å². The van der Waals surface area contributed by atoms with E-state index in [1.165, 1.54) is 0 Å². The first-order chi connectivity index (χ1) is 28.2. The summed E-state index contributed by atoms with van der Waals surface area (Å²) in [7, 11) is 1.92. The number of anilines is 1. The molecule has 1 atom stereocenters. The molecule has 0 fully saturated rings. The van der Waals surface area contributed by atoms with Gasteiger partial charge in [0.05, 0.1) is 46.3 Å². The van der Waals surface area contributed by atoms with Crippen LogP contribution in [0.15, 0.2) is 60.8 Å². The zero-order chi connectivity index (χ0) is 42.0. The lowest BCUT2D eigenvalue weighted by Crippen LogP contribution is -2.43. The molecule has 4 aromatic heterocycles. The van der Waals surface area contributed by atoms with Crippen molar-refractivity contribution in [3.8, 4) is 16.9 Å². The molecule has 7 aromatic rings. The predicted molar refractivity (Wildman–Crippen MR) is 236 cm³/mol. The topological polar surface area (TPSA) is 107 Å². The predicted octanol–water partition coefficient (Wildman–Crippen LogP) is 10.8. The largest absolute Gasteiger partial charge is 0.494 e. The van der Waals surface area contributed by atoms with Crippen molar-refractivity contribution < 1.29 is 19.4 Å².